The van der Waals surface area contributed by atoms with Crippen LogP contribution in [-0.4, -0.2) is 37.1 Å². The SMILES string of the molecule is C=CC(=O)OCCCc1ccc(C(=O)Oc2ccc3c(c2)Cc2cc(OC(=O)c4ccc(CCCOC(=O)C=C)cc4)ccc2-3)cc1. The summed E-state index contributed by atoms with van der Waals surface area (Å²) in [4.78, 5) is 47.9. The van der Waals surface area contributed by atoms with Crippen LogP contribution in [0.5, 0.6) is 11.5 Å². The summed E-state index contributed by atoms with van der Waals surface area (Å²) in [5.74, 6) is -0.900. The third kappa shape index (κ3) is 8.70. The van der Waals surface area contributed by atoms with Crippen molar-refractivity contribution in [3.63, 3.8) is 0 Å². The minimum absolute atomic E-state index is 0.305. The molecule has 0 aliphatic heterocycles. The summed E-state index contributed by atoms with van der Waals surface area (Å²) in [6.45, 7) is 7.35. The molecule has 0 N–H and O–H groups in total. The van der Waals surface area contributed by atoms with E-state index in [9.17, 15) is 19.2 Å². The second-order valence-electron chi connectivity index (χ2n) is 10.9. The Hall–Kier alpha value is -5.76. The lowest BCUT2D eigenvalue weighted by Gasteiger charge is -2.08. The van der Waals surface area contributed by atoms with Gasteiger partial charge in [-0.3, -0.25) is 0 Å². The van der Waals surface area contributed by atoms with Crippen molar-refractivity contribution in [3.05, 3.63) is 144 Å². The Morgan fingerprint density at radius 2 is 0.979 bits per heavy atom. The Morgan fingerprint density at radius 3 is 1.36 bits per heavy atom. The highest BCUT2D eigenvalue weighted by molar-refractivity contribution is 5.92. The van der Waals surface area contributed by atoms with E-state index in [1.165, 1.54) is 0 Å². The van der Waals surface area contributed by atoms with Crippen molar-refractivity contribution in [2.24, 2.45) is 0 Å². The number of benzene rings is 4. The third-order valence-electron chi connectivity index (χ3n) is 7.67. The monoisotopic (exact) mass is 630 g/mol. The first-order valence-electron chi connectivity index (χ1n) is 15.3. The van der Waals surface area contributed by atoms with Crippen molar-refractivity contribution >= 4 is 23.9 Å². The number of rotatable bonds is 14. The van der Waals surface area contributed by atoms with Crippen molar-refractivity contribution < 1.29 is 38.1 Å². The van der Waals surface area contributed by atoms with Gasteiger partial charge < -0.3 is 18.9 Å². The van der Waals surface area contributed by atoms with Crippen LogP contribution < -0.4 is 9.47 Å². The van der Waals surface area contributed by atoms with Gasteiger partial charge >= 0.3 is 23.9 Å². The molecule has 8 nitrogen and oxygen atoms in total. The largest absolute Gasteiger partial charge is 0.463 e. The molecule has 238 valence electrons. The van der Waals surface area contributed by atoms with Gasteiger partial charge in [-0.2, -0.15) is 0 Å². The molecule has 47 heavy (non-hydrogen) atoms. The van der Waals surface area contributed by atoms with E-state index in [4.69, 9.17) is 18.9 Å². The van der Waals surface area contributed by atoms with Gasteiger partial charge in [0.1, 0.15) is 11.5 Å². The minimum atomic E-state index is -0.455. The van der Waals surface area contributed by atoms with E-state index in [-0.39, 0.29) is 0 Å². The molecule has 0 saturated heterocycles. The van der Waals surface area contributed by atoms with Crippen LogP contribution in [0, 0.1) is 0 Å². The molecule has 4 aromatic rings. The quantitative estimate of drug-likeness (QED) is 0.0558. The fourth-order valence-corrected chi connectivity index (χ4v) is 5.25. The molecule has 1 aliphatic carbocycles. The summed E-state index contributed by atoms with van der Waals surface area (Å²) >= 11 is 0. The molecule has 0 fully saturated rings. The highest BCUT2D eigenvalue weighted by Crippen LogP contribution is 2.40. The molecular weight excluding hydrogens is 596 g/mol. The lowest BCUT2D eigenvalue weighted by atomic mass is 10.1. The smallest absolute Gasteiger partial charge is 0.343 e. The molecule has 0 unspecified atom stereocenters. The van der Waals surface area contributed by atoms with E-state index in [2.05, 4.69) is 13.2 Å². The van der Waals surface area contributed by atoms with E-state index in [1.807, 2.05) is 48.5 Å². The number of carbonyl (C=O) groups is 4. The predicted octanol–water partition coefficient (Wildman–Crippen LogP) is 7.02. The zero-order valence-electron chi connectivity index (χ0n) is 25.9. The van der Waals surface area contributed by atoms with Crippen LogP contribution in [0.4, 0.5) is 0 Å². The first-order chi connectivity index (χ1) is 22.8. The summed E-state index contributed by atoms with van der Waals surface area (Å²) < 4.78 is 21.3. The molecule has 0 bridgehead atoms. The van der Waals surface area contributed by atoms with Gasteiger partial charge in [0.25, 0.3) is 0 Å². The molecule has 5 rings (SSSR count). The Morgan fingerprint density at radius 1 is 0.574 bits per heavy atom. The van der Waals surface area contributed by atoms with E-state index < -0.39 is 23.9 Å². The molecule has 0 saturated carbocycles. The summed E-state index contributed by atoms with van der Waals surface area (Å²) in [7, 11) is 0. The fraction of sp³-hybridized carbons (Fsp3) is 0.179. The number of fused-ring (bicyclic) bond motifs is 3. The molecule has 0 spiro atoms. The molecule has 0 aromatic heterocycles. The van der Waals surface area contributed by atoms with Crippen LogP contribution >= 0.6 is 0 Å². The zero-order chi connectivity index (χ0) is 33.2. The highest BCUT2D eigenvalue weighted by Gasteiger charge is 2.21. The number of esters is 4. The van der Waals surface area contributed by atoms with Crippen molar-refractivity contribution in [3.8, 4) is 22.6 Å². The molecule has 0 amide bonds. The number of ether oxygens (including phenoxy) is 4. The molecule has 4 aromatic carbocycles. The lowest BCUT2D eigenvalue weighted by molar-refractivity contribution is -0.138. The highest BCUT2D eigenvalue weighted by atomic mass is 16.5. The van der Waals surface area contributed by atoms with E-state index >= 15 is 0 Å². The molecule has 0 heterocycles. The van der Waals surface area contributed by atoms with Crippen LogP contribution in [0.1, 0.15) is 55.8 Å². The number of hydrogen-bond donors (Lipinski definition) is 0. The number of hydrogen-bond acceptors (Lipinski definition) is 8. The number of aryl methyl sites for hydroxylation is 2. The maximum Gasteiger partial charge on any atom is 0.343 e. The van der Waals surface area contributed by atoms with Gasteiger partial charge in [0, 0.05) is 12.2 Å². The molecule has 1 aliphatic rings. The molecule has 0 radical (unpaired) electrons. The fourth-order valence-electron chi connectivity index (χ4n) is 5.25. The van der Waals surface area contributed by atoms with Gasteiger partial charge in [-0.1, -0.05) is 49.6 Å². The average Bonchev–Trinajstić information content (AvgIpc) is 3.45. The van der Waals surface area contributed by atoms with E-state index in [0.717, 1.165) is 45.5 Å². The van der Waals surface area contributed by atoms with Gasteiger partial charge in [0.15, 0.2) is 0 Å². The van der Waals surface area contributed by atoms with Gasteiger partial charge in [-0.15, -0.1) is 0 Å². The second kappa shape index (κ2) is 15.5. The van der Waals surface area contributed by atoms with Gasteiger partial charge in [0.05, 0.1) is 24.3 Å². The van der Waals surface area contributed by atoms with Crippen molar-refractivity contribution in [1.82, 2.24) is 0 Å². The van der Waals surface area contributed by atoms with Crippen molar-refractivity contribution in [2.75, 3.05) is 13.2 Å². The third-order valence-corrected chi connectivity index (χ3v) is 7.67. The Bertz CT molecular complexity index is 1670. The van der Waals surface area contributed by atoms with Crippen molar-refractivity contribution in [2.45, 2.75) is 32.1 Å². The van der Waals surface area contributed by atoms with Gasteiger partial charge in [-0.25, -0.2) is 19.2 Å². The Kier molecular flexibility index (Phi) is 10.8. The molecule has 0 atom stereocenters. The van der Waals surface area contributed by atoms with Crippen molar-refractivity contribution in [1.29, 1.82) is 0 Å². The summed E-state index contributed by atoms with van der Waals surface area (Å²) in [6, 6.07) is 25.5. The summed E-state index contributed by atoms with van der Waals surface area (Å²) in [5.41, 5.74) is 7.00. The van der Waals surface area contributed by atoms with Crippen LogP contribution in [-0.2, 0) is 38.3 Å². The minimum Gasteiger partial charge on any atom is -0.463 e. The van der Waals surface area contributed by atoms with E-state index in [1.54, 1.807) is 36.4 Å². The number of carbonyl (C=O) groups excluding carboxylic acids is 4. The zero-order valence-corrected chi connectivity index (χ0v) is 25.9. The van der Waals surface area contributed by atoms with Crippen LogP contribution in [0.25, 0.3) is 11.1 Å². The molecular formula is C39H34O8. The normalized spacial score (nSPS) is 11.1. The Balaban J connectivity index is 1.13. The average molecular weight is 631 g/mol. The maximum atomic E-state index is 12.8. The Labute approximate surface area is 273 Å². The summed E-state index contributed by atoms with van der Waals surface area (Å²) in [6.07, 6.45) is 5.62. The second-order valence-corrected chi connectivity index (χ2v) is 10.9. The van der Waals surface area contributed by atoms with E-state index in [0.29, 0.717) is 67.9 Å². The summed E-state index contributed by atoms with van der Waals surface area (Å²) in [5, 5.41) is 0. The standard InChI is InChI=1S/C39H34O8/c1-3-36(40)44-21-5-7-26-9-13-28(14-10-26)38(42)46-32-17-19-34-30(24-32)23-31-25-33(18-20-35(31)34)47-39(43)29-15-11-27(12-16-29)8-6-22-45-37(41)4-2/h3-4,9-20,24-25H,1-2,5-8,21-23H2. The molecule has 8 heteroatoms. The maximum absolute atomic E-state index is 12.8. The first-order valence-corrected chi connectivity index (χ1v) is 15.3. The van der Waals surface area contributed by atoms with Gasteiger partial charge in [-0.05, 0) is 114 Å². The van der Waals surface area contributed by atoms with Gasteiger partial charge in [0.2, 0.25) is 0 Å². The van der Waals surface area contributed by atoms with Crippen LogP contribution in [0.15, 0.2) is 110 Å². The van der Waals surface area contributed by atoms with Crippen LogP contribution in [0.3, 0.4) is 0 Å². The lowest BCUT2D eigenvalue weighted by Crippen LogP contribution is -2.09. The first kappa shape index (κ1) is 32.6. The predicted molar refractivity (Wildman–Crippen MR) is 176 cm³/mol. The topological polar surface area (TPSA) is 105 Å². The van der Waals surface area contributed by atoms with Crippen LogP contribution in [0.2, 0.25) is 0 Å².